The van der Waals surface area contributed by atoms with Crippen molar-refractivity contribution in [1.82, 2.24) is 9.88 Å². The minimum Gasteiger partial charge on any atom is -0.373 e. The second kappa shape index (κ2) is 6.01. The lowest BCUT2D eigenvalue weighted by Gasteiger charge is -2.35. The quantitative estimate of drug-likeness (QED) is 0.866. The van der Waals surface area contributed by atoms with Crippen molar-refractivity contribution in [3.05, 3.63) is 23.9 Å². The zero-order valence-corrected chi connectivity index (χ0v) is 10.9. The van der Waals surface area contributed by atoms with Gasteiger partial charge < -0.3 is 5.32 Å². The van der Waals surface area contributed by atoms with E-state index in [0.717, 1.165) is 5.82 Å². The smallest absolute Gasteiger partial charge is 0.125 e. The van der Waals surface area contributed by atoms with Gasteiger partial charge in [-0.25, -0.2) is 4.98 Å². The molecule has 1 aliphatic rings. The molecule has 0 radical (unpaired) electrons. The van der Waals surface area contributed by atoms with Crippen LogP contribution in [0.1, 0.15) is 44.2 Å². The number of hydrogen-bond donors (Lipinski definition) is 1. The van der Waals surface area contributed by atoms with Crippen LogP contribution in [0.4, 0.5) is 5.82 Å². The molecule has 0 unspecified atom stereocenters. The normalized spacial score (nSPS) is 21.4. The van der Waals surface area contributed by atoms with Crippen molar-refractivity contribution in [3.8, 4) is 0 Å². The molecule has 2 heterocycles. The predicted molar refractivity (Wildman–Crippen MR) is 72.2 cm³/mol. The molecule has 1 aliphatic heterocycles. The summed E-state index contributed by atoms with van der Waals surface area (Å²) in [5.41, 5.74) is 1.37. The van der Waals surface area contributed by atoms with E-state index < -0.39 is 0 Å². The van der Waals surface area contributed by atoms with Crippen LogP contribution in [0.3, 0.4) is 0 Å². The van der Waals surface area contributed by atoms with E-state index in [0.29, 0.717) is 6.04 Å². The van der Waals surface area contributed by atoms with Gasteiger partial charge in [-0.3, -0.25) is 4.90 Å². The number of nitrogens with one attached hydrogen (secondary N) is 1. The highest BCUT2D eigenvalue weighted by atomic mass is 15.2. The molecule has 0 aliphatic carbocycles. The molecule has 0 amide bonds. The minimum absolute atomic E-state index is 0.585. The summed E-state index contributed by atoms with van der Waals surface area (Å²) in [6.45, 7) is 4.71. The summed E-state index contributed by atoms with van der Waals surface area (Å²) in [5, 5.41) is 3.07. The fourth-order valence-electron chi connectivity index (χ4n) is 2.67. The topological polar surface area (TPSA) is 28.2 Å². The van der Waals surface area contributed by atoms with E-state index in [2.05, 4.69) is 34.3 Å². The molecule has 0 saturated carbocycles. The summed E-state index contributed by atoms with van der Waals surface area (Å²) in [6, 6.07) is 4.88. The average Bonchev–Trinajstić information content (AvgIpc) is 2.40. The number of anilines is 1. The number of rotatable bonds is 4. The molecule has 1 aromatic heterocycles. The molecule has 2 rings (SSSR count). The standard InChI is InChI=1S/C14H23N3/c1-3-9-17-10-5-4-6-13(17)12-7-8-14(15-2)16-11-12/h7-8,11,13H,3-6,9-10H2,1-2H3,(H,15,16)/t13-/m0/s1. The van der Waals surface area contributed by atoms with Crippen molar-refractivity contribution in [3.63, 3.8) is 0 Å². The number of pyridine rings is 1. The van der Waals surface area contributed by atoms with Crippen LogP contribution in [0.25, 0.3) is 0 Å². The molecule has 17 heavy (non-hydrogen) atoms. The highest BCUT2D eigenvalue weighted by molar-refractivity contribution is 5.35. The molecule has 1 saturated heterocycles. The lowest BCUT2D eigenvalue weighted by Crippen LogP contribution is -2.34. The summed E-state index contributed by atoms with van der Waals surface area (Å²) in [5.74, 6) is 0.951. The number of hydrogen-bond acceptors (Lipinski definition) is 3. The zero-order chi connectivity index (χ0) is 12.1. The third kappa shape index (κ3) is 2.97. The lowest BCUT2D eigenvalue weighted by molar-refractivity contribution is 0.149. The maximum Gasteiger partial charge on any atom is 0.125 e. The Bertz CT molecular complexity index is 332. The highest BCUT2D eigenvalue weighted by Gasteiger charge is 2.23. The van der Waals surface area contributed by atoms with E-state index in [9.17, 15) is 0 Å². The molecule has 0 spiro atoms. The zero-order valence-electron chi connectivity index (χ0n) is 10.9. The van der Waals surface area contributed by atoms with Crippen LogP contribution in [0.5, 0.6) is 0 Å². The van der Waals surface area contributed by atoms with E-state index in [1.165, 1.54) is 44.3 Å². The fraction of sp³-hybridized carbons (Fsp3) is 0.643. The van der Waals surface area contributed by atoms with E-state index in [4.69, 9.17) is 0 Å². The molecule has 1 aromatic rings. The predicted octanol–water partition coefficient (Wildman–Crippen LogP) is 3.06. The molecular formula is C14H23N3. The molecule has 94 valence electrons. The van der Waals surface area contributed by atoms with Crippen molar-refractivity contribution >= 4 is 5.82 Å². The Labute approximate surface area is 104 Å². The maximum absolute atomic E-state index is 4.43. The van der Waals surface area contributed by atoms with Crippen molar-refractivity contribution in [2.45, 2.75) is 38.6 Å². The number of likely N-dealkylation sites (tertiary alicyclic amines) is 1. The van der Waals surface area contributed by atoms with Gasteiger partial charge in [0, 0.05) is 19.3 Å². The number of nitrogens with zero attached hydrogens (tertiary/aromatic N) is 2. The first-order valence-corrected chi connectivity index (χ1v) is 6.73. The second-order valence-corrected chi connectivity index (χ2v) is 4.77. The van der Waals surface area contributed by atoms with Crippen LogP contribution < -0.4 is 5.32 Å². The first-order valence-electron chi connectivity index (χ1n) is 6.73. The largest absolute Gasteiger partial charge is 0.373 e. The molecule has 1 N–H and O–H groups in total. The van der Waals surface area contributed by atoms with E-state index in [1.54, 1.807) is 0 Å². The van der Waals surface area contributed by atoms with Crippen LogP contribution in [0.15, 0.2) is 18.3 Å². The molecule has 0 bridgehead atoms. The summed E-state index contributed by atoms with van der Waals surface area (Å²) in [4.78, 5) is 7.04. The van der Waals surface area contributed by atoms with Gasteiger partial charge in [0.05, 0.1) is 0 Å². The molecule has 0 aromatic carbocycles. The lowest BCUT2D eigenvalue weighted by atomic mass is 9.96. The Hall–Kier alpha value is -1.09. The third-order valence-electron chi connectivity index (χ3n) is 3.55. The molecular weight excluding hydrogens is 210 g/mol. The fourth-order valence-corrected chi connectivity index (χ4v) is 2.67. The summed E-state index contributed by atoms with van der Waals surface area (Å²) < 4.78 is 0. The molecule has 1 fully saturated rings. The monoisotopic (exact) mass is 233 g/mol. The van der Waals surface area contributed by atoms with E-state index in [-0.39, 0.29) is 0 Å². The highest BCUT2D eigenvalue weighted by Crippen LogP contribution is 2.30. The number of piperidine rings is 1. The van der Waals surface area contributed by atoms with Gasteiger partial charge in [-0.1, -0.05) is 19.4 Å². The van der Waals surface area contributed by atoms with Gasteiger partial charge in [-0.2, -0.15) is 0 Å². The molecule has 3 nitrogen and oxygen atoms in total. The van der Waals surface area contributed by atoms with Gasteiger partial charge in [-0.05, 0) is 44.0 Å². The number of aromatic nitrogens is 1. The van der Waals surface area contributed by atoms with Crippen LogP contribution in [0, 0.1) is 0 Å². The Morgan fingerprint density at radius 2 is 2.29 bits per heavy atom. The van der Waals surface area contributed by atoms with Crippen molar-refractivity contribution in [1.29, 1.82) is 0 Å². The van der Waals surface area contributed by atoms with Crippen LogP contribution in [-0.4, -0.2) is 30.0 Å². The minimum atomic E-state index is 0.585. The Morgan fingerprint density at radius 1 is 1.41 bits per heavy atom. The Kier molecular flexibility index (Phi) is 4.37. The van der Waals surface area contributed by atoms with Crippen molar-refractivity contribution < 1.29 is 0 Å². The molecule has 1 atom stereocenters. The summed E-state index contributed by atoms with van der Waals surface area (Å²) >= 11 is 0. The first-order chi connectivity index (χ1) is 8.35. The van der Waals surface area contributed by atoms with Crippen LogP contribution >= 0.6 is 0 Å². The van der Waals surface area contributed by atoms with Crippen LogP contribution in [-0.2, 0) is 0 Å². The van der Waals surface area contributed by atoms with Gasteiger partial charge in [0.15, 0.2) is 0 Å². The van der Waals surface area contributed by atoms with Crippen LogP contribution in [0.2, 0.25) is 0 Å². The van der Waals surface area contributed by atoms with Gasteiger partial charge in [0.25, 0.3) is 0 Å². The summed E-state index contributed by atoms with van der Waals surface area (Å²) in [7, 11) is 1.91. The van der Waals surface area contributed by atoms with E-state index in [1.807, 2.05) is 13.2 Å². The Balaban J connectivity index is 2.11. The van der Waals surface area contributed by atoms with Crippen molar-refractivity contribution in [2.75, 3.05) is 25.5 Å². The van der Waals surface area contributed by atoms with Crippen molar-refractivity contribution in [2.24, 2.45) is 0 Å². The first kappa shape index (κ1) is 12.4. The second-order valence-electron chi connectivity index (χ2n) is 4.77. The molecule has 3 heteroatoms. The third-order valence-corrected chi connectivity index (χ3v) is 3.55. The average molecular weight is 233 g/mol. The summed E-state index contributed by atoms with van der Waals surface area (Å²) in [6.07, 6.45) is 7.24. The van der Waals surface area contributed by atoms with Gasteiger partial charge in [0.1, 0.15) is 5.82 Å². The Morgan fingerprint density at radius 3 is 2.94 bits per heavy atom. The maximum atomic E-state index is 4.43. The SMILES string of the molecule is CCCN1CCCC[C@H]1c1ccc(NC)nc1. The van der Waals surface area contributed by atoms with Gasteiger partial charge in [0.2, 0.25) is 0 Å². The van der Waals surface area contributed by atoms with E-state index >= 15 is 0 Å². The van der Waals surface area contributed by atoms with Gasteiger partial charge >= 0.3 is 0 Å². The van der Waals surface area contributed by atoms with Gasteiger partial charge in [-0.15, -0.1) is 0 Å².